The third-order valence-electron chi connectivity index (χ3n) is 4.55. The molecule has 32 heavy (non-hydrogen) atoms. The minimum absolute atomic E-state index is 0.0148. The number of carbonyl (C=O) groups excluding carboxylic acids is 2. The van der Waals surface area contributed by atoms with Crippen molar-refractivity contribution in [1.82, 2.24) is 0 Å². The second-order valence-electron chi connectivity index (χ2n) is 8.11. The molecular formula is C24H21NO7. The van der Waals surface area contributed by atoms with Crippen molar-refractivity contribution in [3.05, 3.63) is 76.3 Å². The number of hydrogen-bond acceptors (Lipinski definition) is 7. The van der Waals surface area contributed by atoms with Gasteiger partial charge in [-0.05, 0) is 44.5 Å². The van der Waals surface area contributed by atoms with E-state index >= 15 is 0 Å². The van der Waals surface area contributed by atoms with E-state index in [1.54, 1.807) is 32.9 Å². The van der Waals surface area contributed by atoms with Crippen LogP contribution in [0.25, 0.3) is 21.9 Å². The maximum Gasteiger partial charge on any atom is 0.411 e. The smallest absolute Gasteiger partial charge is 0.411 e. The molecule has 2 aromatic carbocycles. The highest BCUT2D eigenvalue weighted by molar-refractivity contribution is 6.14. The van der Waals surface area contributed by atoms with Gasteiger partial charge in [-0.15, -0.1) is 0 Å². The molecule has 0 radical (unpaired) electrons. The van der Waals surface area contributed by atoms with Crippen molar-refractivity contribution in [3.8, 4) is 0 Å². The lowest BCUT2D eigenvalue weighted by molar-refractivity contribution is 0.00718. The number of esters is 1. The van der Waals surface area contributed by atoms with Gasteiger partial charge in [-0.2, -0.15) is 0 Å². The zero-order chi connectivity index (χ0) is 22.9. The van der Waals surface area contributed by atoms with Gasteiger partial charge in [0.1, 0.15) is 17.8 Å². The number of nitrogens with one attached hydrogen (secondary N) is 1. The monoisotopic (exact) mass is 435 g/mol. The Morgan fingerprint density at radius 2 is 1.69 bits per heavy atom. The molecule has 0 atom stereocenters. The van der Waals surface area contributed by atoms with Crippen LogP contribution in [0.2, 0.25) is 0 Å². The summed E-state index contributed by atoms with van der Waals surface area (Å²) in [5, 5.41) is 3.51. The first-order valence-corrected chi connectivity index (χ1v) is 9.91. The van der Waals surface area contributed by atoms with Crippen molar-refractivity contribution >= 4 is 39.7 Å². The Balaban J connectivity index is 1.74. The summed E-state index contributed by atoms with van der Waals surface area (Å²) in [6, 6.07) is 13.9. The van der Waals surface area contributed by atoms with Crippen molar-refractivity contribution < 1.29 is 27.9 Å². The van der Waals surface area contributed by atoms with Crippen molar-refractivity contribution in [1.29, 1.82) is 0 Å². The van der Waals surface area contributed by atoms with E-state index in [0.717, 1.165) is 5.56 Å². The summed E-state index contributed by atoms with van der Waals surface area (Å²) < 4.78 is 21.4. The largest absolute Gasteiger partial charge is 0.457 e. The molecule has 0 aliphatic rings. The zero-order valence-electron chi connectivity index (χ0n) is 17.8. The standard InChI is InChI=1S/C24H21NO7/c1-24(2,3)32-21(26)18-17(25-23(28)30-13-14-7-5-4-6-8-14)10-9-15-16-11-12-29-20(16)22(27)31-19(15)18/h4-12H,13H2,1-3H3,(H,25,28). The number of anilines is 1. The molecule has 1 N–H and O–H groups in total. The van der Waals surface area contributed by atoms with E-state index < -0.39 is 23.3 Å². The van der Waals surface area contributed by atoms with Gasteiger partial charge in [0, 0.05) is 10.8 Å². The Morgan fingerprint density at radius 1 is 0.969 bits per heavy atom. The molecule has 0 spiro atoms. The Morgan fingerprint density at radius 3 is 2.41 bits per heavy atom. The Kier molecular flexibility index (Phi) is 5.44. The fraction of sp³-hybridized carbons (Fsp3) is 0.208. The summed E-state index contributed by atoms with van der Waals surface area (Å²) in [4.78, 5) is 37.9. The molecule has 0 saturated carbocycles. The van der Waals surface area contributed by atoms with Gasteiger partial charge in [-0.25, -0.2) is 14.4 Å². The van der Waals surface area contributed by atoms with Crippen molar-refractivity contribution in [2.24, 2.45) is 0 Å². The normalized spacial score (nSPS) is 11.5. The molecule has 0 fully saturated rings. The number of hydrogen-bond donors (Lipinski definition) is 1. The first kappa shape index (κ1) is 21.2. The number of amides is 1. The van der Waals surface area contributed by atoms with Crippen LogP contribution in [0.5, 0.6) is 0 Å². The molecule has 8 nitrogen and oxygen atoms in total. The minimum atomic E-state index is -0.815. The van der Waals surface area contributed by atoms with Crippen LogP contribution in [0.15, 0.2) is 68.4 Å². The Labute approximate surface area is 182 Å². The van der Waals surface area contributed by atoms with Gasteiger partial charge >= 0.3 is 17.7 Å². The summed E-state index contributed by atoms with van der Waals surface area (Å²) in [5.74, 6) is -0.757. The lowest BCUT2D eigenvalue weighted by Gasteiger charge is -2.21. The summed E-state index contributed by atoms with van der Waals surface area (Å²) in [7, 11) is 0. The van der Waals surface area contributed by atoms with E-state index in [-0.39, 0.29) is 29.0 Å². The van der Waals surface area contributed by atoms with E-state index in [2.05, 4.69) is 5.32 Å². The Hall–Kier alpha value is -4.07. The van der Waals surface area contributed by atoms with Gasteiger partial charge in [0.2, 0.25) is 5.58 Å². The number of rotatable bonds is 4. The fourth-order valence-corrected chi connectivity index (χ4v) is 3.22. The third-order valence-corrected chi connectivity index (χ3v) is 4.55. The van der Waals surface area contributed by atoms with E-state index in [1.807, 2.05) is 30.3 Å². The number of benzene rings is 2. The van der Waals surface area contributed by atoms with E-state index in [9.17, 15) is 14.4 Å². The van der Waals surface area contributed by atoms with E-state index in [4.69, 9.17) is 18.3 Å². The summed E-state index contributed by atoms with van der Waals surface area (Å²) in [5.41, 5.74) is -0.725. The number of fused-ring (bicyclic) bond motifs is 3. The average Bonchev–Trinajstić information content (AvgIpc) is 3.22. The fourth-order valence-electron chi connectivity index (χ4n) is 3.22. The lowest BCUT2D eigenvalue weighted by atomic mass is 10.1. The number of furan rings is 1. The van der Waals surface area contributed by atoms with Gasteiger partial charge in [-0.3, -0.25) is 5.32 Å². The maximum atomic E-state index is 13.0. The summed E-state index contributed by atoms with van der Waals surface area (Å²) in [6.07, 6.45) is 0.589. The van der Waals surface area contributed by atoms with Gasteiger partial charge in [0.25, 0.3) is 0 Å². The van der Waals surface area contributed by atoms with Crippen LogP contribution in [-0.2, 0) is 16.1 Å². The molecule has 0 unspecified atom stereocenters. The van der Waals surface area contributed by atoms with Gasteiger partial charge in [0.05, 0.1) is 12.0 Å². The summed E-state index contributed by atoms with van der Waals surface area (Å²) >= 11 is 0. The van der Waals surface area contributed by atoms with Gasteiger partial charge in [0.15, 0.2) is 5.58 Å². The first-order chi connectivity index (χ1) is 15.2. The molecule has 0 aliphatic heterocycles. The highest BCUT2D eigenvalue weighted by Crippen LogP contribution is 2.32. The molecule has 8 heteroatoms. The molecule has 2 aromatic heterocycles. The van der Waals surface area contributed by atoms with Crippen molar-refractivity contribution in [3.63, 3.8) is 0 Å². The van der Waals surface area contributed by atoms with Crippen molar-refractivity contribution in [2.45, 2.75) is 33.0 Å². The minimum Gasteiger partial charge on any atom is -0.457 e. The first-order valence-electron chi connectivity index (χ1n) is 9.91. The van der Waals surface area contributed by atoms with Crippen LogP contribution >= 0.6 is 0 Å². The van der Waals surface area contributed by atoms with Crippen LogP contribution in [0.4, 0.5) is 10.5 Å². The van der Waals surface area contributed by atoms with Crippen molar-refractivity contribution in [2.75, 3.05) is 5.32 Å². The predicted octanol–water partition coefficient (Wildman–Crippen LogP) is 5.24. The molecule has 1 amide bonds. The second kappa shape index (κ2) is 8.22. The quantitative estimate of drug-likeness (QED) is 0.345. The van der Waals surface area contributed by atoms with E-state index in [0.29, 0.717) is 10.8 Å². The van der Waals surface area contributed by atoms with Crippen LogP contribution in [-0.4, -0.2) is 17.7 Å². The molecule has 0 aliphatic carbocycles. The molecule has 0 saturated heterocycles. The second-order valence-corrected chi connectivity index (χ2v) is 8.11. The predicted molar refractivity (Wildman–Crippen MR) is 118 cm³/mol. The Bertz CT molecular complexity index is 1360. The molecule has 164 valence electrons. The number of ether oxygens (including phenoxy) is 2. The highest BCUT2D eigenvalue weighted by Gasteiger charge is 2.27. The SMILES string of the molecule is CC(C)(C)OC(=O)c1c(NC(=O)OCc2ccccc2)ccc2c1oc(=O)c1occc12. The topological polar surface area (TPSA) is 108 Å². The average molecular weight is 435 g/mol. The van der Waals surface area contributed by atoms with Crippen LogP contribution < -0.4 is 10.9 Å². The van der Waals surface area contributed by atoms with Crippen LogP contribution in [0.3, 0.4) is 0 Å². The lowest BCUT2D eigenvalue weighted by Crippen LogP contribution is -2.25. The molecular weight excluding hydrogens is 414 g/mol. The third kappa shape index (κ3) is 4.34. The van der Waals surface area contributed by atoms with Crippen LogP contribution in [0, 0.1) is 0 Å². The van der Waals surface area contributed by atoms with E-state index in [1.165, 1.54) is 12.3 Å². The molecule has 4 rings (SSSR count). The van der Waals surface area contributed by atoms with Gasteiger partial charge < -0.3 is 18.3 Å². The molecule has 4 aromatic rings. The maximum absolute atomic E-state index is 13.0. The molecule has 2 heterocycles. The zero-order valence-corrected chi connectivity index (χ0v) is 17.8. The number of carbonyl (C=O) groups is 2. The molecule has 0 bridgehead atoms. The highest BCUT2D eigenvalue weighted by atomic mass is 16.6. The van der Waals surface area contributed by atoms with Gasteiger partial charge in [-0.1, -0.05) is 30.3 Å². The summed E-state index contributed by atoms with van der Waals surface area (Å²) in [6.45, 7) is 5.18. The van der Waals surface area contributed by atoms with Crippen LogP contribution in [0.1, 0.15) is 36.7 Å².